The van der Waals surface area contributed by atoms with Crippen molar-refractivity contribution >= 4 is 5.97 Å². The molecule has 0 aliphatic heterocycles. The van der Waals surface area contributed by atoms with Crippen LogP contribution in [0.4, 0.5) is 4.39 Å². The third kappa shape index (κ3) is 6.39. The van der Waals surface area contributed by atoms with Crippen molar-refractivity contribution < 1.29 is 19.0 Å². The summed E-state index contributed by atoms with van der Waals surface area (Å²) in [6.45, 7) is 5.89. The van der Waals surface area contributed by atoms with E-state index < -0.39 is 23.8 Å². The number of aliphatic hydroxyl groups excluding tert-OH is 1. The molecule has 0 saturated carbocycles. The summed E-state index contributed by atoms with van der Waals surface area (Å²) in [4.78, 5) is 11.9. The fourth-order valence-corrected chi connectivity index (χ4v) is 2.23. The van der Waals surface area contributed by atoms with Crippen LogP contribution in [0.25, 0.3) is 0 Å². The van der Waals surface area contributed by atoms with Crippen LogP contribution in [0.3, 0.4) is 0 Å². The molecule has 4 heteroatoms. The van der Waals surface area contributed by atoms with Gasteiger partial charge in [0.2, 0.25) is 0 Å². The number of esters is 1. The van der Waals surface area contributed by atoms with Gasteiger partial charge in [-0.3, -0.25) is 4.79 Å². The minimum atomic E-state index is -1.24. The van der Waals surface area contributed by atoms with Gasteiger partial charge in [-0.05, 0) is 30.9 Å². The molecule has 1 aromatic rings. The summed E-state index contributed by atoms with van der Waals surface area (Å²) >= 11 is 0. The standard InChI is InChI=1S/C18H25FO3/c1-4-22-18(21)15(10-13(2)3)12-16(19)17(20)11-14-8-6-5-7-9-14/h5-9,12-13,15,17,20H,4,10-11H2,1-3H3/b16-12-. The SMILES string of the molecule is CCOC(=O)C(/C=C(\F)C(O)Cc1ccccc1)CC(C)C. The third-order valence-electron chi connectivity index (χ3n) is 3.27. The first kappa shape index (κ1) is 18.4. The summed E-state index contributed by atoms with van der Waals surface area (Å²) in [7, 11) is 0. The minimum absolute atomic E-state index is 0.181. The Labute approximate surface area is 131 Å². The van der Waals surface area contributed by atoms with E-state index in [2.05, 4.69) is 0 Å². The molecular formula is C18H25FO3. The molecule has 0 amide bonds. The number of halogens is 1. The van der Waals surface area contributed by atoms with Gasteiger partial charge in [-0.2, -0.15) is 0 Å². The number of hydrogen-bond acceptors (Lipinski definition) is 3. The van der Waals surface area contributed by atoms with Gasteiger partial charge >= 0.3 is 5.97 Å². The molecule has 0 aromatic heterocycles. The molecule has 1 rings (SSSR count). The molecule has 0 saturated heterocycles. The summed E-state index contributed by atoms with van der Waals surface area (Å²) in [5.41, 5.74) is 0.843. The van der Waals surface area contributed by atoms with Gasteiger partial charge in [-0.1, -0.05) is 44.2 Å². The molecule has 0 fully saturated rings. The van der Waals surface area contributed by atoms with Crippen LogP contribution in [0.2, 0.25) is 0 Å². The lowest BCUT2D eigenvalue weighted by atomic mass is 9.95. The van der Waals surface area contributed by atoms with Gasteiger partial charge in [0.1, 0.15) is 11.9 Å². The van der Waals surface area contributed by atoms with Crippen molar-refractivity contribution in [2.45, 2.75) is 39.7 Å². The summed E-state index contributed by atoms with van der Waals surface area (Å²) in [6.07, 6.45) is 0.627. The highest BCUT2D eigenvalue weighted by Gasteiger charge is 2.22. The summed E-state index contributed by atoms with van der Waals surface area (Å²) < 4.78 is 19.2. The van der Waals surface area contributed by atoms with Gasteiger partial charge < -0.3 is 9.84 Å². The normalized spacial score (nSPS) is 14.7. The van der Waals surface area contributed by atoms with Crippen LogP contribution in [0.15, 0.2) is 42.2 Å². The number of hydrogen-bond donors (Lipinski definition) is 1. The van der Waals surface area contributed by atoms with Crippen LogP contribution in [-0.2, 0) is 16.0 Å². The predicted molar refractivity (Wildman–Crippen MR) is 84.9 cm³/mol. The van der Waals surface area contributed by atoms with E-state index in [9.17, 15) is 14.3 Å². The van der Waals surface area contributed by atoms with Gasteiger partial charge in [-0.25, -0.2) is 4.39 Å². The highest BCUT2D eigenvalue weighted by atomic mass is 19.1. The van der Waals surface area contributed by atoms with Crippen molar-refractivity contribution in [3.63, 3.8) is 0 Å². The zero-order chi connectivity index (χ0) is 16.5. The number of benzene rings is 1. The van der Waals surface area contributed by atoms with Crippen LogP contribution in [0.5, 0.6) is 0 Å². The second kappa shape index (κ2) is 9.36. The maximum Gasteiger partial charge on any atom is 0.312 e. The second-order valence-electron chi connectivity index (χ2n) is 5.75. The highest BCUT2D eigenvalue weighted by Crippen LogP contribution is 2.20. The molecule has 0 bridgehead atoms. The molecule has 2 unspecified atom stereocenters. The molecule has 22 heavy (non-hydrogen) atoms. The van der Waals surface area contributed by atoms with E-state index in [-0.39, 0.29) is 18.9 Å². The monoisotopic (exact) mass is 308 g/mol. The Kier molecular flexibility index (Phi) is 7.82. The first-order chi connectivity index (χ1) is 10.4. The average Bonchev–Trinajstić information content (AvgIpc) is 2.47. The molecule has 1 N–H and O–H groups in total. The molecular weight excluding hydrogens is 283 g/mol. The number of rotatable bonds is 8. The number of ether oxygens (including phenoxy) is 1. The lowest BCUT2D eigenvalue weighted by Gasteiger charge is -2.16. The van der Waals surface area contributed by atoms with E-state index in [0.29, 0.717) is 6.42 Å². The third-order valence-corrected chi connectivity index (χ3v) is 3.27. The Balaban J connectivity index is 2.77. The number of aliphatic hydroxyl groups is 1. The van der Waals surface area contributed by atoms with Gasteiger partial charge in [-0.15, -0.1) is 0 Å². The predicted octanol–water partition coefficient (Wildman–Crippen LogP) is 3.67. The summed E-state index contributed by atoms with van der Waals surface area (Å²) in [6, 6.07) is 9.19. The lowest BCUT2D eigenvalue weighted by Crippen LogP contribution is -2.20. The fourth-order valence-electron chi connectivity index (χ4n) is 2.23. The number of carbonyl (C=O) groups excluding carboxylic acids is 1. The van der Waals surface area contributed by atoms with Crippen LogP contribution in [-0.4, -0.2) is 23.8 Å². The summed E-state index contributed by atoms with van der Waals surface area (Å²) in [5, 5.41) is 9.97. The molecule has 0 heterocycles. The lowest BCUT2D eigenvalue weighted by molar-refractivity contribution is -0.146. The molecule has 0 aliphatic rings. The van der Waals surface area contributed by atoms with Crippen molar-refractivity contribution in [3.8, 4) is 0 Å². The molecule has 122 valence electrons. The van der Waals surface area contributed by atoms with Gasteiger partial charge in [0.15, 0.2) is 0 Å². The van der Waals surface area contributed by atoms with Gasteiger partial charge in [0, 0.05) is 6.42 Å². The molecule has 0 spiro atoms. The van der Waals surface area contributed by atoms with E-state index in [1.807, 2.05) is 44.2 Å². The molecule has 2 atom stereocenters. The van der Waals surface area contributed by atoms with Crippen LogP contribution in [0.1, 0.15) is 32.8 Å². The Morgan fingerprint density at radius 3 is 2.50 bits per heavy atom. The Hall–Kier alpha value is -1.68. The molecule has 0 radical (unpaired) electrons. The molecule has 0 aliphatic carbocycles. The molecule has 1 aromatic carbocycles. The van der Waals surface area contributed by atoms with E-state index in [1.54, 1.807) is 6.92 Å². The first-order valence-corrected chi connectivity index (χ1v) is 7.69. The average molecular weight is 308 g/mol. The van der Waals surface area contributed by atoms with Crippen molar-refractivity contribution in [1.29, 1.82) is 0 Å². The zero-order valence-electron chi connectivity index (χ0n) is 13.5. The van der Waals surface area contributed by atoms with Crippen molar-refractivity contribution in [2.24, 2.45) is 11.8 Å². The second-order valence-corrected chi connectivity index (χ2v) is 5.75. The minimum Gasteiger partial charge on any atom is -0.466 e. The largest absolute Gasteiger partial charge is 0.466 e. The van der Waals surface area contributed by atoms with Crippen molar-refractivity contribution in [1.82, 2.24) is 0 Å². The maximum absolute atomic E-state index is 14.2. The Morgan fingerprint density at radius 2 is 1.95 bits per heavy atom. The summed E-state index contributed by atoms with van der Waals surface area (Å²) in [5.74, 6) is -1.56. The first-order valence-electron chi connectivity index (χ1n) is 7.69. The Bertz CT molecular complexity index is 482. The fraction of sp³-hybridized carbons (Fsp3) is 0.500. The topological polar surface area (TPSA) is 46.5 Å². The quantitative estimate of drug-likeness (QED) is 0.745. The van der Waals surface area contributed by atoms with Crippen LogP contribution < -0.4 is 0 Å². The number of carbonyl (C=O) groups is 1. The maximum atomic E-state index is 14.2. The van der Waals surface area contributed by atoms with Crippen LogP contribution >= 0.6 is 0 Å². The van der Waals surface area contributed by atoms with E-state index in [1.165, 1.54) is 6.08 Å². The zero-order valence-corrected chi connectivity index (χ0v) is 13.5. The highest BCUT2D eigenvalue weighted by molar-refractivity contribution is 5.74. The van der Waals surface area contributed by atoms with E-state index >= 15 is 0 Å². The van der Waals surface area contributed by atoms with Crippen molar-refractivity contribution in [3.05, 3.63) is 47.8 Å². The van der Waals surface area contributed by atoms with E-state index in [4.69, 9.17) is 4.74 Å². The van der Waals surface area contributed by atoms with Gasteiger partial charge in [0.25, 0.3) is 0 Å². The molecule has 3 nitrogen and oxygen atoms in total. The van der Waals surface area contributed by atoms with E-state index in [0.717, 1.165) is 5.56 Å². The van der Waals surface area contributed by atoms with Crippen LogP contribution in [0, 0.1) is 11.8 Å². The van der Waals surface area contributed by atoms with Gasteiger partial charge in [0.05, 0.1) is 12.5 Å². The Morgan fingerprint density at radius 1 is 1.32 bits per heavy atom. The van der Waals surface area contributed by atoms with Crippen molar-refractivity contribution in [2.75, 3.05) is 6.61 Å². The smallest absolute Gasteiger partial charge is 0.312 e.